The highest BCUT2D eigenvalue weighted by atomic mass is 16.5. The van der Waals surface area contributed by atoms with Gasteiger partial charge in [0.2, 0.25) is 0 Å². The van der Waals surface area contributed by atoms with Gasteiger partial charge in [-0.25, -0.2) is 0 Å². The van der Waals surface area contributed by atoms with Crippen LogP contribution in [0.2, 0.25) is 0 Å². The Kier molecular flexibility index (Phi) is 8.02. The van der Waals surface area contributed by atoms with Crippen molar-refractivity contribution in [3.05, 3.63) is 0 Å². The van der Waals surface area contributed by atoms with Crippen LogP contribution in [0.15, 0.2) is 0 Å². The van der Waals surface area contributed by atoms with Crippen molar-refractivity contribution in [1.82, 2.24) is 10.2 Å². The standard InChI is InChI=1S/C14H28N2O3/c1-4-8-15-13(14(17)19-3)7-9-16(10-11-18-2)12-5-6-12/h12-13,15H,4-11H2,1-3H3. The maximum Gasteiger partial charge on any atom is 0.322 e. The molecule has 112 valence electrons. The lowest BCUT2D eigenvalue weighted by atomic mass is 10.2. The van der Waals surface area contributed by atoms with E-state index in [0.29, 0.717) is 6.04 Å². The van der Waals surface area contributed by atoms with Crippen molar-refractivity contribution in [2.45, 2.75) is 44.7 Å². The molecule has 1 rings (SSSR count). The van der Waals surface area contributed by atoms with E-state index >= 15 is 0 Å². The SMILES string of the molecule is CCCNC(CCN(CCOC)C1CC1)C(=O)OC. The third-order valence-corrected chi connectivity index (χ3v) is 3.48. The van der Waals surface area contributed by atoms with Gasteiger partial charge in [-0.2, -0.15) is 0 Å². The summed E-state index contributed by atoms with van der Waals surface area (Å²) >= 11 is 0. The van der Waals surface area contributed by atoms with Gasteiger partial charge in [0.05, 0.1) is 13.7 Å². The fourth-order valence-corrected chi connectivity index (χ4v) is 2.18. The molecule has 0 saturated heterocycles. The molecule has 0 bridgehead atoms. The first-order chi connectivity index (χ1) is 9.22. The molecule has 0 aliphatic heterocycles. The maximum atomic E-state index is 11.7. The van der Waals surface area contributed by atoms with E-state index in [4.69, 9.17) is 9.47 Å². The van der Waals surface area contributed by atoms with Crippen LogP contribution in [0.4, 0.5) is 0 Å². The molecule has 5 nitrogen and oxygen atoms in total. The van der Waals surface area contributed by atoms with E-state index in [1.165, 1.54) is 20.0 Å². The van der Waals surface area contributed by atoms with Crippen molar-refractivity contribution in [3.63, 3.8) is 0 Å². The summed E-state index contributed by atoms with van der Waals surface area (Å²) in [7, 11) is 3.18. The molecule has 1 unspecified atom stereocenters. The minimum absolute atomic E-state index is 0.157. The first kappa shape index (κ1) is 16.4. The van der Waals surface area contributed by atoms with Crippen molar-refractivity contribution in [2.75, 3.05) is 40.5 Å². The Labute approximate surface area is 116 Å². The van der Waals surface area contributed by atoms with Crippen molar-refractivity contribution in [2.24, 2.45) is 0 Å². The second kappa shape index (κ2) is 9.28. The summed E-state index contributed by atoms with van der Waals surface area (Å²) in [5.74, 6) is -0.157. The Bertz CT molecular complexity index is 257. The third-order valence-electron chi connectivity index (χ3n) is 3.48. The zero-order chi connectivity index (χ0) is 14.1. The van der Waals surface area contributed by atoms with Crippen molar-refractivity contribution < 1.29 is 14.3 Å². The number of esters is 1. The molecule has 0 radical (unpaired) electrons. The number of carbonyl (C=O) groups is 1. The van der Waals surface area contributed by atoms with Crippen LogP contribution in [0.3, 0.4) is 0 Å². The predicted octanol–water partition coefficient (Wildman–Crippen LogP) is 1.03. The van der Waals surface area contributed by atoms with Crippen molar-refractivity contribution in [3.8, 4) is 0 Å². The summed E-state index contributed by atoms with van der Waals surface area (Å²) in [6, 6.07) is 0.508. The molecule has 1 atom stereocenters. The number of ether oxygens (including phenoxy) is 2. The summed E-state index contributed by atoms with van der Waals surface area (Å²) in [6.45, 7) is 5.56. The van der Waals surface area contributed by atoms with Crippen molar-refractivity contribution >= 4 is 5.97 Å². The molecule has 1 aliphatic rings. The van der Waals surface area contributed by atoms with Crippen LogP contribution in [0.5, 0.6) is 0 Å². The molecule has 0 spiro atoms. The summed E-state index contributed by atoms with van der Waals surface area (Å²) in [6.07, 6.45) is 4.36. The monoisotopic (exact) mass is 272 g/mol. The van der Waals surface area contributed by atoms with Gasteiger partial charge in [0.25, 0.3) is 0 Å². The number of rotatable bonds is 11. The van der Waals surface area contributed by atoms with Gasteiger partial charge in [-0.15, -0.1) is 0 Å². The highest BCUT2D eigenvalue weighted by Crippen LogP contribution is 2.26. The number of hydrogen-bond acceptors (Lipinski definition) is 5. The number of hydrogen-bond donors (Lipinski definition) is 1. The third kappa shape index (κ3) is 6.36. The second-order valence-corrected chi connectivity index (χ2v) is 5.08. The Morgan fingerprint density at radius 2 is 2.11 bits per heavy atom. The molecule has 1 saturated carbocycles. The van der Waals surface area contributed by atoms with Gasteiger partial charge in [-0.3, -0.25) is 9.69 Å². The maximum absolute atomic E-state index is 11.7. The Morgan fingerprint density at radius 1 is 1.37 bits per heavy atom. The Morgan fingerprint density at radius 3 is 2.63 bits per heavy atom. The fraction of sp³-hybridized carbons (Fsp3) is 0.929. The lowest BCUT2D eigenvalue weighted by Crippen LogP contribution is -2.42. The van der Waals surface area contributed by atoms with Gasteiger partial charge < -0.3 is 14.8 Å². The topological polar surface area (TPSA) is 50.8 Å². The zero-order valence-electron chi connectivity index (χ0n) is 12.5. The van der Waals surface area contributed by atoms with Gasteiger partial charge in [0.1, 0.15) is 6.04 Å². The minimum atomic E-state index is -0.186. The van der Waals surface area contributed by atoms with Crippen LogP contribution in [0.25, 0.3) is 0 Å². The van der Waals surface area contributed by atoms with E-state index in [1.54, 1.807) is 7.11 Å². The molecule has 0 aromatic heterocycles. The van der Waals surface area contributed by atoms with Crippen LogP contribution >= 0.6 is 0 Å². The van der Waals surface area contributed by atoms with Gasteiger partial charge in [0.15, 0.2) is 0 Å². The van der Waals surface area contributed by atoms with Gasteiger partial charge in [-0.1, -0.05) is 6.92 Å². The number of carbonyl (C=O) groups excluding carboxylic acids is 1. The molecule has 1 aliphatic carbocycles. The highest BCUT2D eigenvalue weighted by Gasteiger charge is 2.29. The van der Waals surface area contributed by atoms with Crippen LogP contribution in [0, 0.1) is 0 Å². The summed E-state index contributed by atoms with van der Waals surface area (Å²) < 4.78 is 10.00. The quantitative estimate of drug-likeness (QED) is 0.569. The predicted molar refractivity (Wildman–Crippen MR) is 75.2 cm³/mol. The number of nitrogens with one attached hydrogen (secondary N) is 1. The molecule has 0 aromatic rings. The van der Waals surface area contributed by atoms with E-state index in [2.05, 4.69) is 17.1 Å². The summed E-state index contributed by atoms with van der Waals surface area (Å²) in [5, 5.41) is 3.26. The summed E-state index contributed by atoms with van der Waals surface area (Å²) in [5.41, 5.74) is 0. The zero-order valence-corrected chi connectivity index (χ0v) is 12.5. The number of nitrogens with zero attached hydrogens (tertiary/aromatic N) is 1. The van der Waals surface area contributed by atoms with Crippen molar-refractivity contribution in [1.29, 1.82) is 0 Å². The van der Waals surface area contributed by atoms with Crippen LogP contribution in [-0.4, -0.2) is 63.4 Å². The average Bonchev–Trinajstić information content (AvgIpc) is 3.25. The molecule has 0 aromatic carbocycles. The second-order valence-electron chi connectivity index (χ2n) is 5.08. The van der Waals surface area contributed by atoms with Gasteiger partial charge >= 0.3 is 5.97 Å². The molecule has 19 heavy (non-hydrogen) atoms. The van der Waals surface area contributed by atoms with Crippen LogP contribution < -0.4 is 5.32 Å². The van der Waals surface area contributed by atoms with Gasteiger partial charge in [-0.05, 0) is 32.2 Å². The molecule has 5 heteroatoms. The normalized spacial score (nSPS) is 16.6. The minimum Gasteiger partial charge on any atom is -0.468 e. The molecule has 0 heterocycles. The molecular formula is C14H28N2O3. The molecule has 1 N–H and O–H groups in total. The van der Waals surface area contributed by atoms with E-state index < -0.39 is 0 Å². The molecule has 1 fully saturated rings. The first-order valence-corrected chi connectivity index (χ1v) is 7.27. The lowest BCUT2D eigenvalue weighted by molar-refractivity contribution is -0.143. The Balaban J connectivity index is 2.36. The first-order valence-electron chi connectivity index (χ1n) is 7.27. The Hall–Kier alpha value is -0.650. The average molecular weight is 272 g/mol. The highest BCUT2D eigenvalue weighted by molar-refractivity contribution is 5.75. The van der Waals surface area contributed by atoms with E-state index in [1.807, 2.05) is 0 Å². The fourth-order valence-electron chi connectivity index (χ4n) is 2.18. The number of methoxy groups -OCH3 is 2. The molecule has 0 amide bonds. The van der Waals surface area contributed by atoms with Gasteiger partial charge in [0, 0.05) is 26.2 Å². The van der Waals surface area contributed by atoms with Crippen LogP contribution in [0.1, 0.15) is 32.6 Å². The van der Waals surface area contributed by atoms with E-state index in [0.717, 1.165) is 39.1 Å². The summed E-state index contributed by atoms with van der Waals surface area (Å²) in [4.78, 5) is 14.1. The largest absolute Gasteiger partial charge is 0.468 e. The van der Waals surface area contributed by atoms with Crippen LogP contribution in [-0.2, 0) is 14.3 Å². The smallest absolute Gasteiger partial charge is 0.322 e. The van der Waals surface area contributed by atoms with E-state index in [-0.39, 0.29) is 12.0 Å². The lowest BCUT2D eigenvalue weighted by Gasteiger charge is -2.24. The van der Waals surface area contributed by atoms with E-state index in [9.17, 15) is 4.79 Å². The molecular weight excluding hydrogens is 244 g/mol.